The van der Waals surface area contributed by atoms with Gasteiger partial charge in [-0.1, -0.05) is 12.1 Å². The van der Waals surface area contributed by atoms with Crippen LogP contribution in [0.5, 0.6) is 5.75 Å². The number of rotatable bonds is 6. The van der Waals surface area contributed by atoms with E-state index in [1.807, 2.05) is 0 Å². The third-order valence-electron chi connectivity index (χ3n) is 3.89. The molecule has 2 aromatic rings. The van der Waals surface area contributed by atoms with Gasteiger partial charge in [0.1, 0.15) is 11.6 Å². The van der Waals surface area contributed by atoms with Crippen LogP contribution in [0, 0.1) is 5.82 Å². The van der Waals surface area contributed by atoms with E-state index in [-0.39, 0.29) is 23.4 Å². The summed E-state index contributed by atoms with van der Waals surface area (Å²) >= 11 is 0. The van der Waals surface area contributed by atoms with E-state index in [2.05, 4.69) is 0 Å². The standard InChI is InChI=1S/C17H18FNO4S/c1-22-15-5-7-17(8-6-15)24(20,21)19-10-16(11-19)23-12-13-3-2-4-14(18)9-13/h2-9,16H,10-12H2,1H3. The molecule has 1 saturated heterocycles. The van der Waals surface area contributed by atoms with Gasteiger partial charge in [0.2, 0.25) is 10.0 Å². The molecule has 0 aliphatic carbocycles. The number of hydrogen-bond donors (Lipinski definition) is 0. The fourth-order valence-electron chi connectivity index (χ4n) is 2.44. The number of sulfonamides is 1. The van der Waals surface area contributed by atoms with Gasteiger partial charge in [-0.2, -0.15) is 4.31 Å². The Morgan fingerprint density at radius 3 is 2.50 bits per heavy atom. The first-order chi connectivity index (χ1) is 11.5. The lowest BCUT2D eigenvalue weighted by atomic mass is 10.2. The molecule has 0 amide bonds. The van der Waals surface area contributed by atoms with E-state index in [9.17, 15) is 12.8 Å². The summed E-state index contributed by atoms with van der Waals surface area (Å²) < 4.78 is 50.0. The summed E-state index contributed by atoms with van der Waals surface area (Å²) in [5.74, 6) is 0.294. The second-order valence-electron chi connectivity index (χ2n) is 5.56. The quantitative estimate of drug-likeness (QED) is 0.802. The summed E-state index contributed by atoms with van der Waals surface area (Å²) in [6, 6.07) is 12.4. The maximum atomic E-state index is 13.1. The number of halogens is 1. The predicted molar refractivity (Wildman–Crippen MR) is 86.7 cm³/mol. The predicted octanol–water partition coefficient (Wildman–Crippen LogP) is 2.42. The van der Waals surface area contributed by atoms with Crippen LogP contribution >= 0.6 is 0 Å². The van der Waals surface area contributed by atoms with E-state index in [1.54, 1.807) is 24.3 Å². The molecule has 0 spiro atoms. The van der Waals surface area contributed by atoms with Gasteiger partial charge in [0.25, 0.3) is 0 Å². The number of hydrogen-bond acceptors (Lipinski definition) is 4. The molecule has 1 aliphatic heterocycles. The molecule has 7 heteroatoms. The van der Waals surface area contributed by atoms with Crippen LogP contribution in [0.2, 0.25) is 0 Å². The van der Waals surface area contributed by atoms with Gasteiger partial charge in [-0.25, -0.2) is 12.8 Å². The summed E-state index contributed by atoms with van der Waals surface area (Å²) in [6.45, 7) is 0.853. The van der Waals surface area contributed by atoms with E-state index < -0.39 is 10.0 Å². The zero-order valence-corrected chi connectivity index (χ0v) is 14.0. The Morgan fingerprint density at radius 1 is 1.17 bits per heavy atom. The molecule has 0 saturated carbocycles. The third kappa shape index (κ3) is 3.58. The monoisotopic (exact) mass is 351 g/mol. The summed E-state index contributed by atoms with van der Waals surface area (Å²) in [7, 11) is -1.98. The van der Waals surface area contributed by atoms with E-state index in [0.29, 0.717) is 18.8 Å². The summed E-state index contributed by atoms with van der Waals surface area (Å²) in [5.41, 5.74) is 0.728. The van der Waals surface area contributed by atoms with Gasteiger partial charge in [-0.3, -0.25) is 0 Å². The Bertz CT molecular complexity index is 802. The van der Waals surface area contributed by atoms with Crippen LogP contribution in [0.15, 0.2) is 53.4 Å². The maximum Gasteiger partial charge on any atom is 0.243 e. The molecule has 1 heterocycles. The Balaban J connectivity index is 1.55. The Kier molecular flexibility index (Phi) is 4.84. The molecule has 2 aromatic carbocycles. The largest absolute Gasteiger partial charge is 0.497 e. The molecular formula is C17H18FNO4S. The third-order valence-corrected chi connectivity index (χ3v) is 5.73. The highest BCUT2D eigenvalue weighted by Crippen LogP contribution is 2.25. The molecule has 0 unspecified atom stereocenters. The SMILES string of the molecule is COc1ccc(S(=O)(=O)N2CC(OCc3cccc(F)c3)C2)cc1. The van der Waals surface area contributed by atoms with Gasteiger partial charge in [0, 0.05) is 13.1 Å². The van der Waals surface area contributed by atoms with Crippen LogP contribution in [0.1, 0.15) is 5.56 Å². The van der Waals surface area contributed by atoms with Gasteiger partial charge < -0.3 is 9.47 Å². The first-order valence-corrected chi connectivity index (χ1v) is 8.93. The zero-order valence-electron chi connectivity index (χ0n) is 13.2. The van der Waals surface area contributed by atoms with E-state index in [1.165, 1.54) is 35.7 Å². The number of nitrogens with zero attached hydrogens (tertiary/aromatic N) is 1. The van der Waals surface area contributed by atoms with Crippen molar-refractivity contribution in [1.82, 2.24) is 4.31 Å². The fourth-order valence-corrected chi connectivity index (χ4v) is 3.94. The van der Waals surface area contributed by atoms with E-state index >= 15 is 0 Å². The van der Waals surface area contributed by atoms with Gasteiger partial charge in [0.05, 0.1) is 24.7 Å². The molecule has 3 rings (SSSR count). The molecule has 0 N–H and O–H groups in total. The Labute approximate surface area is 140 Å². The number of benzene rings is 2. The molecule has 24 heavy (non-hydrogen) atoms. The van der Waals surface area contributed by atoms with Crippen molar-refractivity contribution < 1.29 is 22.3 Å². The molecule has 0 bridgehead atoms. The van der Waals surface area contributed by atoms with Crippen LogP contribution in [0.25, 0.3) is 0 Å². The second kappa shape index (κ2) is 6.88. The number of methoxy groups -OCH3 is 1. The highest BCUT2D eigenvalue weighted by Gasteiger charge is 2.37. The zero-order chi connectivity index (χ0) is 17.2. The fraction of sp³-hybridized carbons (Fsp3) is 0.294. The average molecular weight is 351 g/mol. The molecule has 0 radical (unpaired) electrons. The highest BCUT2D eigenvalue weighted by atomic mass is 32.2. The maximum absolute atomic E-state index is 13.1. The highest BCUT2D eigenvalue weighted by molar-refractivity contribution is 7.89. The van der Waals surface area contributed by atoms with Crippen LogP contribution in [0.4, 0.5) is 4.39 Å². The van der Waals surface area contributed by atoms with Crippen LogP contribution in [-0.4, -0.2) is 39.0 Å². The van der Waals surface area contributed by atoms with Gasteiger partial charge in [0.15, 0.2) is 0 Å². The van der Waals surface area contributed by atoms with Crippen molar-refractivity contribution in [2.45, 2.75) is 17.6 Å². The van der Waals surface area contributed by atoms with Crippen molar-refractivity contribution in [3.63, 3.8) is 0 Å². The van der Waals surface area contributed by atoms with E-state index in [4.69, 9.17) is 9.47 Å². The Hall–Kier alpha value is -1.96. The topological polar surface area (TPSA) is 55.8 Å². The van der Waals surface area contributed by atoms with Crippen LogP contribution in [0.3, 0.4) is 0 Å². The lowest BCUT2D eigenvalue weighted by molar-refractivity contribution is -0.0296. The smallest absolute Gasteiger partial charge is 0.243 e. The van der Waals surface area contributed by atoms with Crippen LogP contribution < -0.4 is 4.74 Å². The lowest BCUT2D eigenvalue weighted by Gasteiger charge is -2.37. The second-order valence-corrected chi connectivity index (χ2v) is 7.50. The lowest BCUT2D eigenvalue weighted by Crippen LogP contribution is -2.54. The minimum atomic E-state index is -3.51. The molecule has 5 nitrogen and oxygen atoms in total. The van der Waals surface area contributed by atoms with Crippen molar-refractivity contribution in [2.75, 3.05) is 20.2 Å². The summed E-state index contributed by atoms with van der Waals surface area (Å²) in [4.78, 5) is 0.229. The van der Waals surface area contributed by atoms with E-state index in [0.717, 1.165) is 5.56 Å². The van der Waals surface area contributed by atoms with Crippen molar-refractivity contribution in [2.24, 2.45) is 0 Å². The van der Waals surface area contributed by atoms with Gasteiger partial charge in [-0.15, -0.1) is 0 Å². The summed E-state index contributed by atoms with van der Waals surface area (Å²) in [5, 5.41) is 0. The van der Waals surface area contributed by atoms with Gasteiger partial charge in [-0.05, 0) is 42.0 Å². The van der Waals surface area contributed by atoms with Crippen molar-refractivity contribution in [1.29, 1.82) is 0 Å². The Morgan fingerprint density at radius 2 is 1.88 bits per heavy atom. The average Bonchev–Trinajstić information content (AvgIpc) is 2.53. The van der Waals surface area contributed by atoms with Crippen molar-refractivity contribution in [3.05, 3.63) is 59.9 Å². The minimum Gasteiger partial charge on any atom is -0.497 e. The normalized spacial score (nSPS) is 15.9. The van der Waals surface area contributed by atoms with Gasteiger partial charge >= 0.3 is 0 Å². The first-order valence-electron chi connectivity index (χ1n) is 7.49. The molecule has 1 fully saturated rings. The molecule has 0 atom stereocenters. The first kappa shape index (κ1) is 16.9. The number of ether oxygens (including phenoxy) is 2. The van der Waals surface area contributed by atoms with Crippen molar-refractivity contribution in [3.8, 4) is 5.75 Å². The molecule has 128 valence electrons. The van der Waals surface area contributed by atoms with Crippen molar-refractivity contribution >= 4 is 10.0 Å². The molecule has 1 aliphatic rings. The molecular weight excluding hydrogens is 333 g/mol. The minimum absolute atomic E-state index is 0.179. The van der Waals surface area contributed by atoms with Crippen LogP contribution in [-0.2, 0) is 21.4 Å². The molecule has 0 aromatic heterocycles. The summed E-state index contributed by atoms with van der Waals surface area (Å²) in [6.07, 6.45) is -0.179.